The van der Waals surface area contributed by atoms with E-state index < -0.39 is 0 Å². The first kappa shape index (κ1) is 19.5. The van der Waals surface area contributed by atoms with E-state index in [1.165, 1.54) is 19.3 Å². The van der Waals surface area contributed by atoms with Crippen molar-refractivity contribution >= 4 is 5.96 Å². The number of benzene rings is 1. The molecule has 0 amide bonds. The summed E-state index contributed by atoms with van der Waals surface area (Å²) in [6.07, 6.45) is 3.96. The number of hydrogen-bond acceptors (Lipinski definition) is 4. The molecule has 0 atom stereocenters. The number of ether oxygens (including phenoxy) is 2. The van der Waals surface area contributed by atoms with Gasteiger partial charge in [-0.25, -0.2) is 4.99 Å². The highest BCUT2D eigenvalue weighted by atomic mass is 16.5. The summed E-state index contributed by atoms with van der Waals surface area (Å²) < 4.78 is 10.9. The Balaban J connectivity index is 1.70. The van der Waals surface area contributed by atoms with E-state index in [0.717, 1.165) is 43.5 Å². The van der Waals surface area contributed by atoms with Crippen LogP contribution in [0.1, 0.15) is 24.8 Å². The van der Waals surface area contributed by atoms with Crippen LogP contribution in [0.4, 0.5) is 0 Å². The first-order valence-corrected chi connectivity index (χ1v) is 9.10. The molecule has 1 aromatic carbocycles. The van der Waals surface area contributed by atoms with E-state index in [0.29, 0.717) is 19.1 Å². The fourth-order valence-electron chi connectivity index (χ4n) is 2.59. The zero-order valence-electron chi connectivity index (χ0n) is 15.5. The van der Waals surface area contributed by atoms with Crippen molar-refractivity contribution in [3.05, 3.63) is 29.8 Å². The first-order chi connectivity index (χ1) is 12.2. The molecule has 1 aromatic rings. The average molecular weight is 348 g/mol. The highest BCUT2D eigenvalue weighted by Crippen LogP contribution is 2.25. The van der Waals surface area contributed by atoms with Gasteiger partial charge >= 0.3 is 0 Å². The second-order valence-electron chi connectivity index (χ2n) is 6.67. The molecule has 6 heteroatoms. The largest absolute Gasteiger partial charge is 0.492 e. The summed E-state index contributed by atoms with van der Waals surface area (Å²) in [6, 6.07) is 8.03. The summed E-state index contributed by atoms with van der Waals surface area (Å²) in [4.78, 5) is 6.60. The van der Waals surface area contributed by atoms with Gasteiger partial charge < -0.3 is 25.4 Å². The Kier molecular flexibility index (Phi) is 8.55. The molecule has 0 radical (unpaired) electrons. The van der Waals surface area contributed by atoms with Crippen LogP contribution in [-0.4, -0.2) is 57.9 Å². The fourth-order valence-corrected chi connectivity index (χ4v) is 2.59. The van der Waals surface area contributed by atoms with E-state index in [4.69, 9.17) is 15.2 Å². The number of hydrogen-bond donors (Lipinski definition) is 2. The summed E-state index contributed by atoms with van der Waals surface area (Å²) in [6.45, 7) is 4.66. The van der Waals surface area contributed by atoms with Crippen LogP contribution in [0, 0.1) is 5.92 Å². The van der Waals surface area contributed by atoms with Crippen molar-refractivity contribution in [2.75, 3.05) is 47.0 Å². The van der Waals surface area contributed by atoms with E-state index in [2.05, 4.69) is 22.3 Å². The second-order valence-corrected chi connectivity index (χ2v) is 6.67. The van der Waals surface area contributed by atoms with Crippen molar-refractivity contribution < 1.29 is 9.47 Å². The van der Waals surface area contributed by atoms with Gasteiger partial charge in [0, 0.05) is 26.7 Å². The predicted molar refractivity (Wildman–Crippen MR) is 102 cm³/mol. The molecule has 0 heterocycles. The van der Waals surface area contributed by atoms with Crippen LogP contribution >= 0.6 is 0 Å². The molecule has 0 spiro atoms. The SMILES string of the molecule is COCCN(C)CCOc1cccc(CN=C(N)NCC2CCC2)c1. The number of rotatable bonds is 11. The minimum Gasteiger partial charge on any atom is -0.492 e. The van der Waals surface area contributed by atoms with Crippen molar-refractivity contribution in [1.82, 2.24) is 10.2 Å². The van der Waals surface area contributed by atoms with E-state index >= 15 is 0 Å². The molecule has 3 N–H and O–H groups in total. The smallest absolute Gasteiger partial charge is 0.188 e. The highest BCUT2D eigenvalue weighted by Gasteiger charge is 2.16. The van der Waals surface area contributed by atoms with Gasteiger partial charge in [0.25, 0.3) is 0 Å². The lowest BCUT2D eigenvalue weighted by molar-refractivity contribution is 0.150. The Morgan fingerprint density at radius 2 is 2.12 bits per heavy atom. The van der Waals surface area contributed by atoms with Crippen molar-refractivity contribution in [2.45, 2.75) is 25.8 Å². The molecule has 2 rings (SSSR count). The first-order valence-electron chi connectivity index (χ1n) is 9.10. The maximum atomic E-state index is 5.93. The van der Waals surface area contributed by atoms with Gasteiger partial charge in [-0.3, -0.25) is 0 Å². The molecule has 140 valence electrons. The third-order valence-corrected chi connectivity index (χ3v) is 4.55. The van der Waals surface area contributed by atoms with Crippen LogP contribution in [0.25, 0.3) is 0 Å². The lowest BCUT2D eigenvalue weighted by Crippen LogP contribution is -2.37. The van der Waals surface area contributed by atoms with Crippen molar-refractivity contribution in [2.24, 2.45) is 16.6 Å². The number of nitrogens with zero attached hydrogens (tertiary/aromatic N) is 2. The van der Waals surface area contributed by atoms with E-state index in [1.54, 1.807) is 7.11 Å². The molecule has 1 saturated carbocycles. The lowest BCUT2D eigenvalue weighted by Gasteiger charge is -2.25. The number of nitrogens with one attached hydrogen (secondary N) is 1. The monoisotopic (exact) mass is 348 g/mol. The van der Waals surface area contributed by atoms with Crippen LogP contribution in [-0.2, 0) is 11.3 Å². The van der Waals surface area contributed by atoms with Crippen LogP contribution < -0.4 is 15.8 Å². The molecule has 0 unspecified atom stereocenters. The Morgan fingerprint density at radius 3 is 2.84 bits per heavy atom. The summed E-state index contributed by atoms with van der Waals surface area (Å²) in [5.74, 6) is 2.17. The zero-order valence-corrected chi connectivity index (χ0v) is 15.5. The Hall–Kier alpha value is -1.79. The molecule has 1 aliphatic rings. The molecular formula is C19H32N4O2. The minimum atomic E-state index is 0.526. The second kappa shape index (κ2) is 10.9. The summed E-state index contributed by atoms with van der Waals surface area (Å²) in [5, 5.41) is 3.21. The van der Waals surface area contributed by atoms with Gasteiger partial charge in [0.1, 0.15) is 12.4 Å². The average Bonchev–Trinajstić information content (AvgIpc) is 2.57. The predicted octanol–water partition coefficient (Wildman–Crippen LogP) is 1.85. The van der Waals surface area contributed by atoms with Gasteiger partial charge in [-0.05, 0) is 43.5 Å². The molecule has 6 nitrogen and oxygen atoms in total. The molecule has 0 aliphatic heterocycles. The molecule has 25 heavy (non-hydrogen) atoms. The van der Waals surface area contributed by atoms with E-state index in [-0.39, 0.29) is 0 Å². The minimum absolute atomic E-state index is 0.526. The third-order valence-electron chi connectivity index (χ3n) is 4.55. The highest BCUT2D eigenvalue weighted by molar-refractivity contribution is 5.77. The number of methoxy groups -OCH3 is 1. The van der Waals surface area contributed by atoms with Crippen LogP contribution in [0.15, 0.2) is 29.3 Å². The zero-order chi connectivity index (χ0) is 17.9. The van der Waals surface area contributed by atoms with E-state index in [9.17, 15) is 0 Å². The number of likely N-dealkylation sites (N-methyl/N-ethyl adjacent to an activating group) is 1. The van der Waals surface area contributed by atoms with Crippen LogP contribution in [0.2, 0.25) is 0 Å². The Bertz CT molecular complexity index is 532. The van der Waals surface area contributed by atoms with Gasteiger partial charge in [0.15, 0.2) is 5.96 Å². The lowest BCUT2D eigenvalue weighted by atomic mass is 9.85. The number of aliphatic imine (C=N–C) groups is 1. The third kappa shape index (κ3) is 7.75. The standard InChI is InChI=1S/C19H32N4O2/c1-23(9-11-24-2)10-12-25-18-8-4-7-17(13-18)15-22-19(20)21-14-16-5-3-6-16/h4,7-8,13,16H,3,5-6,9-12,14-15H2,1-2H3,(H3,20,21,22). The van der Waals surface area contributed by atoms with Crippen molar-refractivity contribution in [3.63, 3.8) is 0 Å². The van der Waals surface area contributed by atoms with E-state index in [1.807, 2.05) is 24.3 Å². The summed E-state index contributed by atoms with van der Waals surface area (Å²) in [7, 11) is 3.78. The molecule has 0 bridgehead atoms. The summed E-state index contributed by atoms with van der Waals surface area (Å²) in [5.41, 5.74) is 7.03. The van der Waals surface area contributed by atoms with Gasteiger partial charge in [-0.15, -0.1) is 0 Å². The molecule has 1 aliphatic carbocycles. The van der Waals surface area contributed by atoms with Crippen LogP contribution in [0.3, 0.4) is 0 Å². The maximum absolute atomic E-state index is 5.93. The summed E-state index contributed by atoms with van der Waals surface area (Å²) >= 11 is 0. The van der Waals surface area contributed by atoms with Crippen molar-refractivity contribution in [1.29, 1.82) is 0 Å². The number of guanidine groups is 1. The molecule has 0 aromatic heterocycles. The van der Waals surface area contributed by atoms with Gasteiger partial charge in [0.2, 0.25) is 0 Å². The molecule has 0 saturated heterocycles. The normalized spacial score (nSPS) is 15.2. The molecular weight excluding hydrogens is 316 g/mol. The Morgan fingerprint density at radius 1 is 1.32 bits per heavy atom. The van der Waals surface area contributed by atoms with Crippen molar-refractivity contribution in [3.8, 4) is 5.75 Å². The maximum Gasteiger partial charge on any atom is 0.188 e. The van der Waals surface area contributed by atoms with Gasteiger partial charge in [-0.2, -0.15) is 0 Å². The topological polar surface area (TPSA) is 72.1 Å². The van der Waals surface area contributed by atoms with Gasteiger partial charge in [-0.1, -0.05) is 18.6 Å². The molecule has 1 fully saturated rings. The van der Waals surface area contributed by atoms with Gasteiger partial charge in [0.05, 0.1) is 13.2 Å². The quantitative estimate of drug-likeness (QED) is 0.472. The van der Waals surface area contributed by atoms with Crippen LogP contribution in [0.5, 0.6) is 5.75 Å². The number of nitrogens with two attached hydrogens (primary N) is 1. The Labute approximate surface area is 151 Å². The fraction of sp³-hybridized carbons (Fsp3) is 0.632.